The smallest absolute Gasteiger partial charge is 0.370 e. The van der Waals surface area contributed by atoms with Crippen LogP contribution in [0.5, 0.6) is 0 Å². The molecule has 0 fully saturated rings. The van der Waals surface area contributed by atoms with Crippen molar-refractivity contribution < 1.29 is 13.2 Å². The number of aryl methyl sites for hydroxylation is 1. The van der Waals surface area contributed by atoms with Crippen molar-refractivity contribution in [1.82, 2.24) is 29.3 Å². The summed E-state index contributed by atoms with van der Waals surface area (Å²) in [5.74, 6) is 0.545. The summed E-state index contributed by atoms with van der Waals surface area (Å²) < 4.78 is 42.9. The third-order valence-electron chi connectivity index (χ3n) is 4.40. The first-order valence-corrected chi connectivity index (χ1v) is 8.95. The van der Waals surface area contributed by atoms with E-state index in [1.807, 2.05) is 10.8 Å². The Balaban J connectivity index is 1.60. The Morgan fingerprint density at radius 3 is 2.86 bits per heavy atom. The number of fused-ring (bicyclic) bond motifs is 1. The summed E-state index contributed by atoms with van der Waals surface area (Å²) in [6.07, 6.45) is 2.08. The zero-order valence-corrected chi connectivity index (χ0v) is 15.5. The largest absolute Gasteiger partial charge is 0.421 e. The van der Waals surface area contributed by atoms with E-state index in [1.165, 1.54) is 6.20 Å². The molecule has 0 amide bonds. The SMILES string of the molecule is CCNc1nc(Nc2cnn(C3CCn4ccnc43)c2Cl)ncc1C(F)(F)F. The molecule has 12 heteroatoms. The quantitative estimate of drug-likeness (QED) is 0.664. The second-order valence-electron chi connectivity index (χ2n) is 6.19. The third kappa shape index (κ3) is 3.26. The van der Waals surface area contributed by atoms with Gasteiger partial charge in [0.2, 0.25) is 5.95 Å². The third-order valence-corrected chi connectivity index (χ3v) is 4.78. The first kappa shape index (κ1) is 18.5. The van der Waals surface area contributed by atoms with Gasteiger partial charge in [-0.05, 0) is 13.3 Å². The molecule has 3 aromatic rings. The summed E-state index contributed by atoms with van der Waals surface area (Å²) >= 11 is 6.44. The average Bonchev–Trinajstić information content (AvgIpc) is 3.32. The lowest BCUT2D eigenvalue weighted by molar-refractivity contribution is -0.137. The van der Waals surface area contributed by atoms with Crippen molar-refractivity contribution in [3.8, 4) is 0 Å². The van der Waals surface area contributed by atoms with Gasteiger partial charge in [0, 0.05) is 31.7 Å². The summed E-state index contributed by atoms with van der Waals surface area (Å²) in [7, 11) is 0. The molecule has 0 saturated carbocycles. The van der Waals surface area contributed by atoms with Crippen molar-refractivity contribution in [2.24, 2.45) is 0 Å². The second kappa shape index (κ2) is 6.97. The van der Waals surface area contributed by atoms with Crippen molar-refractivity contribution in [3.63, 3.8) is 0 Å². The Hall–Kier alpha value is -2.82. The maximum absolute atomic E-state index is 13.1. The Morgan fingerprint density at radius 2 is 2.11 bits per heavy atom. The minimum atomic E-state index is -4.55. The van der Waals surface area contributed by atoms with Gasteiger partial charge in [-0.3, -0.25) is 0 Å². The first-order valence-electron chi connectivity index (χ1n) is 8.57. The van der Waals surface area contributed by atoms with Gasteiger partial charge in [0.25, 0.3) is 0 Å². The summed E-state index contributed by atoms with van der Waals surface area (Å²) in [5, 5.41) is 10.1. The molecule has 1 atom stereocenters. The van der Waals surface area contributed by atoms with Crippen molar-refractivity contribution in [2.45, 2.75) is 32.1 Å². The molecule has 148 valence electrons. The van der Waals surface area contributed by atoms with E-state index >= 15 is 0 Å². The van der Waals surface area contributed by atoms with Crippen LogP contribution in [-0.2, 0) is 12.7 Å². The summed E-state index contributed by atoms with van der Waals surface area (Å²) in [6, 6.07) is -0.108. The number of alkyl halides is 3. The monoisotopic (exact) mass is 412 g/mol. The van der Waals surface area contributed by atoms with Crippen molar-refractivity contribution in [3.05, 3.63) is 41.3 Å². The van der Waals surface area contributed by atoms with Crippen LogP contribution in [0.1, 0.15) is 30.8 Å². The van der Waals surface area contributed by atoms with E-state index in [1.54, 1.807) is 17.8 Å². The topological polar surface area (TPSA) is 85.5 Å². The van der Waals surface area contributed by atoms with Crippen molar-refractivity contribution >= 4 is 29.1 Å². The van der Waals surface area contributed by atoms with Crippen molar-refractivity contribution in [2.75, 3.05) is 17.2 Å². The van der Waals surface area contributed by atoms with E-state index in [0.29, 0.717) is 10.8 Å². The lowest BCUT2D eigenvalue weighted by Crippen LogP contribution is -2.14. The molecule has 1 unspecified atom stereocenters. The molecule has 1 aliphatic heterocycles. The van der Waals surface area contributed by atoms with Crippen LogP contribution in [0.25, 0.3) is 0 Å². The molecule has 2 N–H and O–H groups in total. The van der Waals surface area contributed by atoms with Gasteiger partial charge in [-0.15, -0.1) is 0 Å². The minimum absolute atomic E-state index is 0.0154. The van der Waals surface area contributed by atoms with Gasteiger partial charge in [-0.1, -0.05) is 11.6 Å². The summed E-state index contributed by atoms with van der Waals surface area (Å²) in [5.41, 5.74) is -0.534. The van der Waals surface area contributed by atoms with Crippen LogP contribution in [0.3, 0.4) is 0 Å². The van der Waals surface area contributed by atoms with Crippen LogP contribution in [0.2, 0.25) is 5.15 Å². The molecular weight excluding hydrogens is 397 g/mol. The number of halogens is 4. The molecule has 0 saturated heterocycles. The fourth-order valence-corrected chi connectivity index (χ4v) is 3.41. The van der Waals surface area contributed by atoms with Crippen LogP contribution in [0.15, 0.2) is 24.8 Å². The van der Waals surface area contributed by atoms with E-state index < -0.39 is 11.7 Å². The summed E-state index contributed by atoms with van der Waals surface area (Å²) in [6.45, 7) is 2.78. The molecule has 0 bridgehead atoms. The van der Waals surface area contributed by atoms with Crippen molar-refractivity contribution in [1.29, 1.82) is 0 Å². The number of rotatable bonds is 5. The molecule has 4 heterocycles. The van der Waals surface area contributed by atoms with E-state index in [9.17, 15) is 13.2 Å². The number of nitrogens with zero attached hydrogens (tertiary/aromatic N) is 6. The average molecular weight is 413 g/mol. The summed E-state index contributed by atoms with van der Waals surface area (Å²) in [4.78, 5) is 12.0. The molecule has 4 rings (SSSR count). The molecule has 28 heavy (non-hydrogen) atoms. The van der Waals surface area contributed by atoms with Crippen LogP contribution in [-0.4, -0.2) is 35.8 Å². The zero-order chi connectivity index (χ0) is 19.9. The highest BCUT2D eigenvalue weighted by Crippen LogP contribution is 2.36. The highest BCUT2D eigenvalue weighted by atomic mass is 35.5. The second-order valence-corrected chi connectivity index (χ2v) is 6.54. The number of aromatic nitrogens is 6. The van der Waals surface area contributed by atoms with E-state index in [-0.39, 0.29) is 24.4 Å². The van der Waals surface area contributed by atoms with E-state index in [0.717, 1.165) is 25.0 Å². The standard InChI is InChI=1S/C16H16ClF3N8/c1-2-21-13-9(16(18,19)20)7-23-15(26-13)25-10-8-24-28(12(10)17)11-3-5-27-6-4-22-14(11)27/h4,6-8,11H,2-3,5H2,1H3,(H2,21,23,25,26). The Morgan fingerprint density at radius 1 is 1.29 bits per heavy atom. The lowest BCUT2D eigenvalue weighted by Gasteiger charge is -2.14. The number of hydrogen-bond acceptors (Lipinski definition) is 6. The molecule has 0 aromatic carbocycles. The number of nitrogens with one attached hydrogen (secondary N) is 2. The van der Waals surface area contributed by atoms with E-state index in [4.69, 9.17) is 11.6 Å². The van der Waals surface area contributed by atoms with Crippen LogP contribution in [0.4, 0.5) is 30.6 Å². The van der Waals surface area contributed by atoms with Crippen LogP contribution in [0, 0.1) is 0 Å². The zero-order valence-electron chi connectivity index (χ0n) is 14.7. The predicted molar refractivity (Wildman–Crippen MR) is 96.7 cm³/mol. The number of anilines is 3. The minimum Gasteiger partial charge on any atom is -0.370 e. The van der Waals surface area contributed by atoms with Gasteiger partial charge in [0.05, 0.1) is 11.9 Å². The van der Waals surface area contributed by atoms with Gasteiger partial charge in [0.1, 0.15) is 23.2 Å². The van der Waals surface area contributed by atoms with Gasteiger partial charge >= 0.3 is 6.18 Å². The van der Waals surface area contributed by atoms with Gasteiger partial charge < -0.3 is 15.2 Å². The maximum atomic E-state index is 13.1. The molecule has 3 aromatic heterocycles. The van der Waals surface area contributed by atoms with Gasteiger partial charge in [-0.2, -0.15) is 23.3 Å². The molecule has 0 aliphatic carbocycles. The maximum Gasteiger partial charge on any atom is 0.421 e. The molecule has 1 aliphatic rings. The highest BCUT2D eigenvalue weighted by molar-refractivity contribution is 6.32. The fraction of sp³-hybridized carbons (Fsp3) is 0.375. The Labute approximate surface area is 162 Å². The molecule has 0 radical (unpaired) electrons. The van der Waals surface area contributed by atoms with E-state index in [2.05, 4.69) is 30.7 Å². The lowest BCUT2D eigenvalue weighted by atomic mass is 10.2. The first-order chi connectivity index (χ1) is 13.4. The highest BCUT2D eigenvalue weighted by Gasteiger charge is 2.35. The number of hydrogen-bond donors (Lipinski definition) is 2. The number of imidazole rings is 1. The predicted octanol–water partition coefficient (Wildman–Crippen LogP) is 3.71. The Bertz CT molecular complexity index is 996. The van der Waals surface area contributed by atoms with Gasteiger partial charge in [-0.25, -0.2) is 14.6 Å². The fourth-order valence-electron chi connectivity index (χ4n) is 3.15. The molecule has 0 spiro atoms. The van der Waals surface area contributed by atoms with Crippen LogP contribution < -0.4 is 10.6 Å². The molecule has 8 nitrogen and oxygen atoms in total. The van der Waals surface area contributed by atoms with Gasteiger partial charge in [0.15, 0.2) is 5.15 Å². The molecular formula is C16H16ClF3N8. The Kier molecular flexibility index (Phi) is 4.61. The normalized spacial score (nSPS) is 16.2. The van der Waals surface area contributed by atoms with Crippen LogP contribution >= 0.6 is 11.6 Å².